The topological polar surface area (TPSA) is 93.5 Å². The average molecular weight is 265 g/mol. The van der Waals surface area contributed by atoms with Gasteiger partial charge < -0.3 is 9.26 Å². The Hall–Kier alpha value is -1.89. The summed E-state index contributed by atoms with van der Waals surface area (Å²) in [4.78, 5) is 23.6. The highest BCUT2D eigenvalue weighted by Gasteiger charge is 2.40. The first kappa shape index (κ1) is 12.2. The van der Waals surface area contributed by atoms with Gasteiger partial charge >= 0.3 is 0 Å². The molecular weight excluding hydrogens is 250 g/mol. The van der Waals surface area contributed by atoms with Crippen LogP contribution in [0, 0.1) is 5.92 Å². The average Bonchev–Trinajstić information content (AvgIpc) is 3.06. The number of aromatic nitrogens is 1. The number of hydrazine groups is 1. The molecule has 1 aromatic heterocycles. The minimum absolute atomic E-state index is 0.0114. The van der Waals surface area contributed by atoms with E-state index >= 15 is 0 Å². The van der Waals surface area contributed by atoms with Crippen molar-refractivity contribution in [1.29, 1.82) is 0 Å². The molecule has 2 aliphatic rings. The van der Waals surface area contributed by atoms with Crippen molar-refractivity contribution in [1.82, 2.24) is 16.0 Å². The Balaban J connectivity index is 1.52. The molecule has 1 aromatic rings. The second kappa shape index (κ2) is 5.00. The predicted molar refractivity (Wildman–Crippen MR) is 62.7 cm³/mol. The van der Waals surface area contributed by atoms with Crippen LogP contribution in [0.15, 0.2) is 16.9 Å². The van der Waals surface area contributed by atoms with Crippen molar-refractivity contribution >= 4 is 11.8 Å². The molecule has 0 spiro atoms. The lowest BCUT2D eigenvalue weighted by Gasteiger charge is -2.28. The van der Waals surface area contributed by atoms with E-state index in [1.807, 2.05) is 0 Å². The minimum atomic E-state index is -0.497. The molecule has 3 atom stereocenters. The molecular formula is C12H15N3O4. The fourth-order valence-electron chi connectivity index (χ4n) is 2.70. The lowest BCUT2D eigenvalue weighted by atomic mass is 9.95. The van der Waals surface area contributed by atoms with Crippen LogP contribution in [0.2, 0.25) is 0 Å². The van der Waals surface area contributed by atoms with Crippen molar-refractivity contribution in [3.63, 3.8) is 0 Å². The van der Waals surface area contributed by atoms with E-state index in [2.05, 4.69) is 20.5 Å². The van der Waals surface area contributed by atoms with Gasteiger partial charge in [-0.3, -0.25) is 20.4 Å². The van der Waals surface area contributed by atoms with Gasteiger partial charge in [0.05, 0.1) is 18.1 Å². The zero-order chi connectivity index (χ0) is 13.2. The number of carbonyl (C=O) groups excluding carboxylic acids is 2. The lowest BCUT2D eigenvalue weighted by molar-refractivity contribution is -0.134. The third-order valence-electron chi connectivity index (χ3n) is 3.70. The maximum atomic E-state index is 12.0. The molecule has 2 fully saturated rings. The Morgan fingerprint density at radius 1 is 1.21 bits per heavy atom. The summed E-state index contributed by atoms with van der Waals surface area (Å²) < 4.78 is 10.3. The second-order valence-corrected chi connectivity index (χ2v) is 4.89. The second-order valence-electron chi connectivity index (χ2n) is 4.89. The molecule has 2 saturated heterocycles. The summed E-state index contributed by atoms with van der Waals surface area (Å²) in [5.41, 5.74) is 4.87. The van der Waals surface area contributed by atoms with E-state index in [0.29, 0.717) is 6.10 Å². The minimum Gasteiger partial charge on any atom is -0.374 e. The Bertz CT molecular complexity index is 473. The van der Waals surface area contributed by atoms with E-state index in [-0.39, 0.29) is 23.6 Å². The third kappa shape index (κ3) is 2.46. The van der Waals surface area contributed by atoms with Crippen LogP contribution in [-0.2, 0) is 9.53 Å². The molecule has 2 N–H and O–H groups in total. The van der Waals surface area contributed by atoms with Gasteiger partial charge in [-0.2, -0.15) is 0 Å². The standard InChI is InChI=1S/C12H15N3O4/c16-11(8-3-1-7-2-4-10(8)19-7)13-14-12(17)9-5-6-18-15-9/h5-8,10H,1-4H2,(H,13,16)(H,14,17)/t7-,8+,10+/m0/s1. The number of hydrogen-bond acceptors (Lipinski definition) is 5. The van der Waals surface area contributed by atoms with Crippen LogP contribution >= 0.6 is 0 Å². The monoisotopic (exact) mass is 265 g/mol. The Kier molecular flexibility index (Phi) is 3.20. The van der Waals surface area contributed by atoms with Gasteiger partial charge in [0.15, 0.2) is 5.69 Å². The van der Waals surface area contributed by atoms with Crippen molar-refractivity contribution < 1.29 is 18.8 Å². The summed E-state index contributed by atoms with van der Waals surface area (Å²) in [6, 6.07) is 1.42. The van der Waals surface area contributed by atoms with Gasteiger partial charge in [0.1, 0.15) is 6.26 Å². The molecule has 102 valence electrons. The summed E-state index contributed by atoms with van der Waals surface area (Å²) in [6.45, 7) is 0. The van der Waals surface area contributed by atoms with Crippen LogP contribution in [0.25, 0.3) is 0 Å². The van der Waals surface area contributed by atoms with Gasteiger partial charge in [-0.25, -0.2) is 0 Å². The summed E-state index contributed by atoms with van der Waals surface area (Å²) in [6.07, 6.45) is 5.26. The van der Waals surface area contributed by atoms with Gasteiger partial charge in [-0.1, -0.05) is 5.16 Å². The van der Waals surface area contributed by atoms with E-state index in [9.17, 15) is 9.59 Å². The normalized spacial score (nSPS) is 28.9. The van der Waals surface area contributed by atoms with Gasteiger partial charge in [0.25, 0.3) is 5.91 Å². The molecule has 3 rings (SSSR count). The van der Waals surface area contributed by atoms with E-state index in [4.69, 9.17) is 4.74 Å². The summed E-state index contributed by atoms with van der Waals surface area (Å²) in [5.74, 6) is -0.887. The van der Waals surface area contributed by atoms with E-state index in [1.54, 1.807) is 0 Å². The smallest absolute Gasteiger partial charge is 0.291 e. The third-order valence-corrected chi connectivity index (χ3v) is 3.70. The van der Waals surface area contributed by atoms with Gasteiger partial charge in [0, 0.05) is 6.07 Å². The molecule has 0 radical (unpaired) electrons. The SMILES string of the molecule is O=C(NNC(=O)[C@@H]1CC[C@H]2CC[C@H]1O2)c1ccon1. The van der Waals surface area contributed by atoms with Crippen molar-refractivity contribution in [2.24, 2.45) is 5.92 Å². The summed E-state index contributed by atoms with van der Waals surface area (Å²) in [7, 11) is 0. The van der Waals surface area contributed by atoms with E-state index in [0.717, 1.165) is 25.7 Å². The number of ether oxygens (including phenoxy) is 1. The number of nitrogens with one attached hydrogen (secondary N) is 2. The molecule has 19 heavy (non-hydrogen) atoms. The van der Waals surface area contributed by atoms with Crippen LogP contribution in [0.3, 0.4) is 0 Å². The van der Waals surface area contributed by atoms with Crippen molar-refractivity contribution in [3.8, 4) is 0 Å². The number of nitrogens with zero attached hydrogens (tertiary/aromatic N) is 1. The maximum Gasteiger partial charge on any atom is 0.291 e. The van der Waals surface area contributed by atoms with E-state index in [1.165, 1.54) is 12.3 Å². The van der Waals surface area contributed by atoms with Crippen LogP contribution in [0.4, 0.5) is 0 Å². The van der Waals surface area contributed by atoms with Crippen molar-refractivity contribution in [2.75, 3.05) is 0 Å². The molecule has 0 aromatic carbocycles. The maximum absolute atomic E-state index is 12.0. The summed E-state index contributed by atoms with van der Waals surface area (Å²) in [5, 5.41) is 3.48. The summed E-state index contributed by atoms with van der Waals surface area (Å²) >= 11 is 0. The first-order chi connectivity index (χ1) is 9.24. The zero-order valence-corrected chi connectivity index (χ0v) is 10.3. The molecule has 2 bridgehead atoms. The van der Waals surface area contributed by atoms with Crippen LogP contribution in [0.5, 0.6) is 0 Å². The highest BCUT2D eigenvalue weighted by atomic mass is 16.5. The quantitative estimate of drug-likeness (QED) is 0.755. The predicted octanol–water partition coefficient (Wildman–Crippen LogP) is 0.393. The van der Waals surface area contributed by atoms with Crippen LogP contribution in [0.1, 0.15) is 36.2 Å². The largest absolute Gasteiger partial charge is 0.374 e. The van der Waals surface area contributed by atoms with Crippen LogP contribution < -0.4 is 10.9 Å². The molecule has 0 aliphatic carbocycles. The first-order valence-electron chi connectivity index (χ1n) is 6.40. The fourth-order valence-corrected chi connectivity index (χ4v) is 2.70. The van der Waals surface area contributed by atoms with Crippen molar-refractivity contribution in [2.45, 2.75) is 37.9 Å². The van der Waals surface area contributed by atoms with Crippen LogP contribution in [-0.4, -0.2) is 29.2 Å². The van der Waals surface area contributed by atoms with Gasteiger partial charge in [-0.05, 0) is 25.7 Å². The van der Waals surface area contributed by atoms with Gasteiger partial charge in [-0.15, -0.1) is 0 Å². The zero-order valence-electron chi connectivity index (χ0n) is 10.3. The molecule has 2 aliphatic heterocycles. The van der Waals surface area contributed by atoms with E-state index < -0.39 is 5.91 Å². The molecule has 2 amide bonds. The fraction of sp³-hybridized carbons (Fsp3) is 0.583. The number of amides is 2. The highest BCUT2D eigenvalue weighted by molar-refractivity contribution is 5.93. The first-order valence-corrected chi connectivity index (χ1v) is 6.40. The Morgan fingerprint density at radius 2 is 2.05 bits per heavy atom. The lowest BCUT2D eigenvalue weighted by Crippen LogP contribution is -2.48. The molecule has 3 heterocycles. The molecule has 0 unspecified atom stereocenters. The number of carbonyl (C=O) groups is 2. The van der Waals surface area contributed by atoms with Crippen molar-refractivity contribution in [3.05, 3.63) is 18.0 Å². The Labute approximate surface area is 109 Å². The molecule has 0 saturated carbocycles. The molecule has 7 nitrogen and oxygen atoms in total. The number of fused-ring (bicyclic) bond motifs is 2. The van der Waals surface area contributed by atoms with Gasteiger partial charge in [0.2, 0.25) is 5.91 Å². The number of rotatable bonds is 2. The number of hydrogen-bond donors (Lipinski definition) is 2. The highest BCUT2D eigenvalue weighted by Crippen LogP contribution is 2.36. The Morgan fingerprint density at radius 3 is 2.84 bits per heavy atom. The molecule has 7 heteroatoms.